The number of hydrogen-bond donors (Lipinski definition) is 0. The molecule has 3 aromatic carbocycles. The molecular formula is C27H32N2O4S. The van der Waals surface area contributed by atoms with Gasteiger partial charge in [-0.05, 0) is 61.7 Å². The van der Waals surface area contributed by atoms with Crippen molar-refractivity contribution in [2.45, 2.75) is 37.2 Å². The van der Waals surface area contributed by atoms with E-state index in [0.717, 1.165) is 32.5 Å². The van der Waals surface area contributed by atoms with Crippen LogP contribution in [0.15, 0.2) is 77.7 Å². The Labute approximate surface area is 202 Å². The number of aryl methyl sites for hydroxylation is 1. The molecule has 34 heavy (non-hydrogen) atoms. The van der Waals surface area contributed by atoms with Gasteiger partial charge < -0.3 is 9.47 Å². The summed E-state index contributed by atoms with van der Waals surface area (Å²) in [7, 11) is -0.627. The smallest absolute Gasteiger partial charge is 0.264 e. The number of piperidine rings is 1. The highest BCUT2D eigenvalue weighted by molar-refractivity contribution is 7.92. The van der Waals surface area contributed by atoms with Crippen LogP contribution in [0.25, 0.3) is 0 Å². The van der Waals surface area contributed by atoms with E-state index in [1.807, 2.05) is 18.2 Å². The second kappa shape index (κ2) is 10.5. The summed E-state index contributed by atoms with van der Waals surface area (Å²) < 4.78 is 39.9. The Balaban J connectivity index is 1.59. The molecule has 1 saturated heterocycles. The van der Waals surface area contributed by atoms with E-state index in [2.05, 4.69) is 36.1 Å². The normalized spacial score (nSPS) is 15.1. The van der Waals surface area contributed by atoms with Crippen molar-refractivity contribution in [3.63, 3.8) is 0 Å². The standard InChI is InChI=1S/C27H32N2O4S/c1-21-7-9-22(10-8-21)20-28-17-15-23(16-18-28)29(24-5-4-6-26(19-24)33-3)34(30,31)27-13-11-25(32-2)12-14-27/h4-14,19,23H,15-18,20H2,1-3H3. The average molecular weight is 481 g/mol. The van der Waals surface area contributed by atoms with Gasteiger partial charge in [0.2, 0.25) is 0 Å². The summed E-state index contributed by atoms with van der Waals surface area (Å²) >= 11 is 0. The van der Waals surface area contributed by atoms with Crippen LogP contribution < -0.4 is 13.8 Å². The third-order valence-electron chi connectivity index (χ3n) is 6.34. The van der Waals surface area contributed by atoms with Gasteiger partial charge in [0.1, 0.15) is 11.5 Å². The summed E-state index contributed by atoms with van der Waals surface area (Å²) in [5.41, 5.74) is 3.15. The Bertz CT molecular complexity index is 1190. The van der Waals surface area contributed by atoms with E-state index in [1.165, 1.54) is 11.1 Å². The number of rotatable bonds is 8. The summed E-state index contributed by atoms with van der Waals surface area (Å²) in [6.45, 7) is 4.62. The maximum absolute atomic E-state index is 13.9. The van der Waals surface area contributed by atoms with Crippen molar-refractivity contribution in [3.05, 3.63) is 83.9 Å². The molecule has 0 amide bonds. The number of ether oxygens (including phenoxy) is 2. The molecule has 1 aliphatic rings. The van der Waals surface area contributed by atoms with Crippen LogP contribution in [0.2, 0.25) is 0 Å². The first-order valence-electron chi connectivity index (χ1n) is 11.5. The van der Waals surface area contributed by atoms with E-state index in [1.54, 1.807) is 48.9 Å². The van der Waals surface area contributed by atoms with Crippen molar-refractivity contribution < 1.29 is 17.9 Å². The van der Waals surface area contributed by atoms with Crippen LogP contribution in [-0.2, 0) is 16.6 Å². The van der Waals surface area contributed by atoms with Crippen molar-refractivity contribution in [2.75, 3.05) is 31.6 Å². The molecule has 0 atom stereocenters. The molecule has 1 heterocycles. The maximum atomic E-state index is 13.9. The van der Waals surface area contributed by atoms with Crippen LogP contribution in [0.4, 0.5) is 5.69 Å². The minimum absolute atomic E-state index is 0.145. The van der Waals surface area contributed by atoms with Crippen molar-refractivity contribution in [1.29, 1.82) is 0 Å². The van der Waals surface area contributed by atoms with Crippen LogP contribution in [0.5, 0.6) is 11.5 Å². The quantitative estimate of drug-likeness (QED) is 0.460. The van der Waals surface area contributed by atoms with E-state index >= 15 is 0 Å². The second-order valence-corrected chi connectivity index (χ2v) is 10.5. The second-order valence-electron chi connectivity index (χ2n) is 8.67. The highest BCUT2D eigenvalue weighted by atomic mass is 32.2. The predicted molar refractivity (Wildman–Crippen MR) is 135 cm³/mol. The number of anilines is 1. The lowest BCUT2D eigenvalue weighted by Crippen LogP contribution is -2.47. The molecule has 0 radical (unpaired) electrons. The van der Waals surface area contributed by atoms with Gasteiger partial charge in [-0.1, -0.05) is 35.9 Å². The van der Waals surface area contributed by atoms with Crippen LogP contribution in [-0.4, -0.2) is 46.7 Å². The fraction of sp³-hybridized carbons (Fsp3) is 0.333. The number of likely N-dealkylation sites (tertiary alicyclic amines) is 1. The van der Waals surface area contributed by atoms with Gasteiger partial charge in [-0.2, -0.15) is 0 Å². The summed E-state index contributed by atoms with van der Waals surface area (Å²) in [6.07, 6.45) is 1.50. The summed E-state index contributed by atoms with van der Waals surface area (Å²) in [6, 6.07) is 22.3. The van der Waals surface area contributed by atoms with Gasteiger partial charge in [0.25, 0.3) is 10.0 Å². The van der Waals surface area contributed by atoms with E-state index in [0.29, 0.717) is 17.2 Å². The van der Waals surface area contributed by atoms with Gasteiger partial charge in [-0.3, -0.25) is 9.21 Å². The monoisotopic (exact) mass is 480 g/mol. The van der Waals surface area contributed by atoms with Gasteiger partial charge >= 0.3 is 0 Å². The van der Waals surface area contributed by atoms with Gasteiger partial charge in [-0.25, -0.2) is 8.42 Å². The summed E-state index contributed by atoms with van der Waals surface area (Å²) in [5, 5.41) is 0. The Hall–Kier alpha value is -3.03. The molecule has 180 valence electrons. The molecule has 1 fully saturated rings. The lowest BCUT2D eigenvalue weighted by molar-refractivity contribution is 0.206. The lowest BCUT2D eigenvalue weighted by atomic mass is 10.0. The molecule has 3 aromatic rings. The van der Waals surface area contributed by atoms with Crippen molar-refractivity contribution in [2.24, 2.45) is 0 Å². The molecule has 7 heteroatoms. The molecule has 0 unspecified atom stereocenters. The zero-order valence-corrected chi connectivity index (χ0v) is 20.8. The molecule has 0 spiro atoms. The lowest BCUT2D eigenvalue weighted by Gasteiger charge is -2.39. The number of hydrogen-bond acceptors (Lipinski definition) is 5. The van der Waals surface area contributed by atoms with Crippen molar-refractivity contribution >= 4 is 15.7 Å². The first-order valence-corrected chi connectivity index (χ1v) is 12.9. The van der Waals surface area contributed by atoms with Crippen molar-refractivity contribution in [3.8, 4) is 11.5 Å². The van der Waals surface area contributed by atoms with Crippen LogP contribution in [0, 0.1) is 6.92 Å². The minimum atomic E-state index is -3.78. The molecule has 6 nitrogen and oxygen atoms in total. The molecule has 4 rings (SSSR count). The third kappa shape index (κ3) is 5.37. The Morgan fingerprint density at radius 1 is 0.882 bits per heavy atom. The topological polar surface area (TPSA) is 59.1 Å². The summed E-state index contributed by atoms with van der Waals surface area (Å²) in [4.78, 5) is 2.64. The molecule has 0 bridgehead atoms. The Kier molecular flexibility index (Phi) is 7.44. The van der Waals surface area contributed by atoms with Gasteiger partial charge in [0, 0.05) is 31.7 Å². The SMILES string of the molecule is COc1ccc(S(=O)(=O)N(c2cccc(OC)c2)C2CCN(Cc3ccc(C)cc3)CC2)cc1. The highest BCUT2D eigenvalue weighted by Crippen LogP contribution is 2.33. The van der Waals surface area contributed by atoms with Crippen molar-refractivity contribution in [1.82, 2.24) is 4.90 Å². The van der Waals surface area contributed by atoms with Crippen LogP contribution >= 0.6 is 0 Å². The number of nitrogens with zero attached hydrogens (tertiary/aromatic N) is 2. The van der Waals surface area contributed by atoms with Crippen LogP contribution in [0.1, 0.15) is 24.0 Å². The zero-order valence-electron chi connectivity index (χ0n) is 20.0. The molecule has 0 saturated carbocycles. The largest absolute Gasteiger partial charge is 0.497 e. The zero-order chi connectivity index (χ0) is 24.1. The molecule has 1 aliphatic heterocycles. The first-order chi connectivity index (χ1) is 16.4. The molecule has 0 aliphatic carbocycles. The van der Waals surface area contributed by atoms with E-state index in [-0.39, 0.29) is 10.9 Å². The van der Waals surface area contributed by atoms with Crippen LogP contribution in [0.3, 0.4) is 0 Å². The number of sulfonamides is 1. The Morgan fingerprint density at radius 3 is 2.15 bits per heavy atom. The molecule has 0 N–H and O–H groups in total. The average Bonchev–Trinajstić information content (AvgIpc) is 2.86. The van der Waals surface area contributed by atoms with Gasteiger partial charge in [0.05, 0.1) is 24.8 Å². The fourth-order valence-corrected chi connectivity index (χ4v) is 6.12. The predicted octanol–water partition coefficient (Wildman–Crippen LogP) is 4.87. The molecular weight excluding hydrogens is 448 g/mol. The molecule has 0 aromatic heterocycles. The number of methoxy groups -OCH3 is 2. The summed E-state index contributed by atoms with van der Waals surface area (Å²) in [5.74, 6) is 1.25. The van der Waals surface area contributed by atoms with E-state index in [9.17, 15) is 8.42 Å². The first kappa shape index (κ1) is 24.1. The van der Waals surface area contributed by atoms with E-state index in [4.69, 9.17) is 9.47 Å². The van der Waals surface area contributed by atoms with Gasteiger partial charge in [0.15, 0.2) is 0 Å². The van der Waals surface area contributed by atoms with E-state index < -0.39 is 10.0 Å². The minimum Gasteiger partial charge on any atom is -0.497 e. The van der Waals surface area contributed by atoms with Gasteiger partial charge in [-0.15, -0.1) is 0 Å². The highest BCUT2D eigenvalue weighted by Gasteiger charge is 2.34. The maximum Gasteiger partial charge on any atom is 0.264 e. The fourth-order valence-electron chi connectivity index (χ4n) is 4.42. The third-order valence-corrected chi connectivity index (χ3v) is 8.23. The number of benzene rings is 3. The Morgan fingerprint density at radius 2 is 1.53 bits per heavy atom.